The fraction of sp³-hybridized carbons (Fsp3) is 0.438. The lowest BCUT2D eigenvalue weighted by Crippen LogP contribution is -1.96. The van der Waals surface area contributed by atoms with Crippen molar-refractivity contribution in [1.82, 2.24) is 0 Å². The summed E-state index contributed by atoms with van der Waals surface area (Å²) in [7, 11) is 0. The Morgan fingerprint density at radius 3 is 2.83 bits per heavy atom. The molecule has 0 spiro atoms. The number of benzene rings is 1. The van der Waals surface area contributed by atoms with E-state index in [-0.39, 0.29) is 5.82 Å². The molecule has 0 aliphatic heterocycles. The van der Waals surface area contributed by atoms with Crippen molar-refractivity contribution in [3.63, 3.8) is 0 Å². The molecule has 0 nitrogen and oxygen atoms in total. The molecule has 18 heavy (non-hydrogen) atoms. The molecule has 1 unspecified atom stereocenters. The third-order valence-electron chi connectivity index (χ3n) is 3.56. The van der Waals surface area contributed by atoms with E-state index < -0.39 is 0 Å². The zero-order valence-electron chi connectivity index (χ0n) is 11.1. The third-order valence-corrected chi connectivity index (χ3v) is 5.00. The lowest BCUT2D eigenvalue weighted by molar-refractivity contribution is 0.594. The van der Waals surface area contributed by atoms with Gasteiger partial charge in [0.15, 0.2) is 0 Å². The first-order valence-corrected chi connectivity index (χ1v) is 7.46. The number of halogens is 1. The van der Waals surface area contributed by atoms with Gasteiger partial charge in [-0.25, -0.2) is 4.39 Å². The maximum atomic E-state index is 13.3. The van der Waals surface area contributed by atoms with Crippen LogP contribution in [0.5, 0.6) is 0 Å². The van der Waals surface area contributed by atoms with Gasteiger partial charge < -0.3 is 0 Å². The molecule has 0 aliphatic rings. The first kappa shape index (κ1) is 13.5. The van der Waals surface area contributed by atoms with Gasteiger partial charge in [0.05, 0.1) is 0 Å². The van der Waals surface area contributed by atoms with E-state index in [1.165, 1.54) is 34.4 Å². The predicted molar refractivity (Wildman–Crippen MR) is 78.8 cm³/mol. The van der Waals surface area contributed by atoms with E-state index in [0.29, 0.717) is 5.92 Å². The van der Waals surface area contributed by atoms with Crippen molar-refractivity contribution < 1.29 is 4.39 Å². The largest absolute Gasteiger partial charge is 0.207 e. The van der Waals surface area contributed by atoms with Crippen LogP contribution < -0.4 is 0 Å². The van der Waals surface area contributed by atoms with Crippen molar-refractivity contribution in [3.05, 3.63) is 41.4 Å². The first-order valence-electron chi connectivity index (χ1n) is 6.65. The van der Waals surface area contributed by atoms with Gasteiger partial charge in [-0.1, -0.05) is 26.7 Å². The Labute approximate surface area is 113 Å². The van der Waals surface area contributed by atoms with E-state index in [1.807, 2.05) is 17.4 Å². The summed E-state index contributed by atoms with van der Waals surface area (Å²) in [6.07, 6.45) is 4.57. The molecule has 0 amide bonds. The molecule has 0 bridgehead atoms. The van der Waals surface area contributed by atoms with Gasteiger partial charge in [-0.2, -0.15) is 0 Å². The van der Waals surface area contributed by atoms with Crippen molar-refractivity contribution in [2.24, 2.45) is 0 Å². The Hall–Kier alpha value is -0.890. The van der Waals surface area contributed by atoms with Gasteiger partial charge in [0.1, 0.15) is 5.82 Å². The van der Waals surface area contributed by atoms with Gasteiger partial charge in [0, 0.05) is 9.58 Å². The topological polar surface area (TPSA) is 0 Å². The average molecular weight is 263 g/mol. The number of thiophene rings is 1. The minimum Gasteiger partial charge on any atom is -0.207 e. The van der Waals surface area contributed by atoms with Crippen LogP contribution in [0.25, 0.3) is 10.1 Å². The second-order valence-electron chi connectivity index (χ2n) is 4.86. The molecule has 2 aromatic rings. The average Bonchev–Trinajstić information content (AvgIpc) is 2.68. The highest BCUT2D eigenvalue weighted by Crippen LogP contribution is 2.39. The number of rotatable bonds is 5. The lowest BCUT2D eigenvalue weighted by atomic mass is 9.94. The quantitative estimate of drug-likeness (QED) is 0.635. The molecule has 0 aliphatic carbocycles. The molecule has 97 valence electrons. The van der Waals surface area contributed by atoms with Crippen LogP contribution in [0.2, 0.25) is 0 Å². The predicted octanol–water partition coefficient (Wildman–Crippen LogP) is 5.85. The molecule has 2 rings (SSSR count). The SMILES string of the molecule is [CH2]CC(CCCC)c1sc2ccc(F)cc2c1C. The van der Waals surface area contributed by atoms with Crippen molar-refractivity contribution >= 4 is 21.4 Å². The second-order valence-corrected chi connectivity index (χ2v) is 5.94. The van der Waals surface area contributed by atoms with Crippen molar-refractivity contribution in [2.45, 2.75) is 45.4 Å². The van der Waals surface area contributed by atoms with E-state index in [2.05, 4.69) is 20.8 Å². The fourth-order valence-electron chi connectivity index (χ4n) is 2.46. The Morgan fingerprint density at radius 1 is 1.39 bits per heavy atom. The second kappa shape index (κ2) is 5.83. The molecule has 1 aromatic heterocycles. The van der Waals surface area contributed by atoms with Crippen LogP contribution in [0.3, 0.4) is 0 Å². The minimum absolute atomic E-state index is 0.144. The van der Waals surface area contributed by atoms with Gasteiger partial charge in [-0.3, -0.25) is 0 Å². The van der Waals surface area contributed by atoms with Gasteiger partial charge in [-0.15, -0.1) is 11.3 Å². The smallest absolute Gasteiger partial charge is 0.123 e. The maximum Gasteiger partial charge on any atom is 0.123 e. The van der Waals surface area contributed by atoms with Crippen LogP contribution >= 0.6 is 11.3 Å². The van der Waals surface area contributed by atoms with Crippen molar-refractivity contribution in [2.75, 3.05) is 0 Å². The molecular formula is C16H20FS. The number of hydrogen-bond acceptors (Lipinski definition) is 1. The summed E-state index contributed by atoms with van der Waals surface area (Å²) in [6.45, 7) is 8.41. The van der Waals surface area contributed by atoms with Crippen LogP contribution in [0, 0.1) is 19.7 Å². The van der Waals surface area contributed by atoms with Crippen LogP contribution in [0.4, 0.5) is 4.39 Å². The molecular weight excluding hydrogens is 243 g/mol. The Morgan fingerprint density at radius 2 is 2.17 bits per heavy atom. The number of unbranched alkanes of at least 4 members (excludes halogenated alkanes) is 1. The number of aryl methyl sites for hydroxylation is 1. The number of fused-ring (bicyclic) bond motifs is 1. The molecule has 1 radical (unpaired) electrons. The highest BCUT2D eigenvalue weighted by molar-refractivity contribution is 7.19. The summed E-state index contributed by atoms with van der Waals surface area (Å²) in [6, 6.07) is 5.10. The van der Waals surface area contributed by atoms with Gasteiger partial charge in [-0.05, 0) is 54.8 Å². The zero-order valence-corrected chi connectivity index (χ0v) is 11.9. The molecule has 0 N–H and O–H groups in total. The summed E-state index contributed by atoms with van der Waals surface area (Å²) in [5.41, 5.74) is 1.25. The highest BCUT2D eigenvalue weighted by atomic mass is 32.1. The first-order chi connectivity index (χ1) is 8.67. The van der Waals surface area contributed by atoms with Crippen LogP contribution in [0.1, 0.15) is 49.0 Å². The summed E-state index contributed by atoms with van der Waals surface area (Å²) in [5, 5.41) is 1.07. The summed E-state index contributed by atoms with van der Waals surface area (Å²) >= 11 is 1.81. The molecule has 0 saturated heterocycles. The minimum atomic E-state index is -0.144. The van der Waals surface area contributed by atoms with E-state index in [4.69, 9.17) is 0 Å². The molecule has 0 saturated carbocycles. The van der Waals surface area contributed by atoms with Crippen LogP contribution in [-0.4, -0.2) is 0 Å². The van der Waals surface area contributed by atoms with Gasteiger partial charge in [0.2, 0.25) is 0 Å². The van der Waals surface area contributed by atoms with E-state index in [1.54, 1.807) is 12.1 Å². The highest BCUT2D eigenvalue weighted by Gasteiger charge is 2.16. The summed E-state index contributed by atoms with van der Waals surface area (Å²) in [5.74, 6) is 0.389. The van der Waals surface area contributed by atoms with E-state index in [0.717, 1.165) is 11.8 Å². The van der Waals surface area contributed by atoms with Crippen molar-refractivity contribution in [1.29, 1.82) is 0 Å². The normalized spacial score (nSPS) is 13.1. The molecule has 1 aromatic carbocycles. The van der Waals surface area contributed by atoms with E-state index >= 15 is 0 Å². The fourth-order valence-corrected chi connectivity index (χ4v) is 3.82. The maximum absolute atomic E-state index is 13.3. The number of hydrogen-bond donors (Lipinski definition) is 0. The third kappa shape index (κ3) is 2.59. The Bertz CT molecular complexity index is 527. The molecule has 0 fully saturated rings. The van der Waals surface area contributed by atoms with Crippen LogP contribution in [0.15, 0.2) is 18.2 Å². The molecule has 1 atom stereocenters. The monoisotopic (exact) mass is 263 g/mol. The summed E-state index contributed by atoms with van der Waals surface area (Å²) < 4.78 is 14.5. The van der Waals surface area contributed by atoms with Gasteiger partial charge >= 0.3 is 0 Å². The van der Waals surface area contributed by atoms with Crippen LogP contribution in [-0.2, 0) is 0 Å². The van der Waals surface area contributed by atoms with Gasteiger partial charge in [0.25, 0.3) is 0 Å². The zero-order chi connectivity index (χ0) is 13.1. The molecule has 1 heterocycles. The Balaban J connectivity index is 2.40. The Kier molecular flexibility index (Phi) is 4.39. The molecule has 2 heteroatoms. The lowest BCUT2D eigenvalue weighted by Gasteiger charge is -2.13. The standard InChI is InChI=1S/C16H20FS/c1-4-6-7-12(5-2)16-11(3)14-10-13(17)8-9-15(14)18-16/h8-10,12H,2,4-7H2,1,3H3. The van der Waals surface area contributed by atoms with Crippen molar-refractivity contribution in [3.8, 4) is 0 Å². The van der Waals surface area contributed by atoms with E-state index in [9.17, 15) is 4.39 Å². The summed E-state index contributed by atoms with van der Waals surface area (Å²) in [4.78, 5) is 1.40.